The molecule has 2 unspecified atom stereocenters. The van der Waals surface area contributed by atoms with E-state index in [4.69, 9.17) is 10.5 Å². The van der Waals surface area contributed by atoms with E-state index in [1.807, 2.05) is 32.9 Å². The van der Waals surface area contributed by atoms with Gasteiger partial charge >= 0.3 is 0 Å². The number of nitrogens with two attached hydrogens (primary N) is 1. The molecule has 0 bridgehead atoms. The maximum atomic E-state index is 12.7. The second-order valence-corrected chi connectivity index (χ2v) is 7.46. The van der Waals surface area contributed by atoms with Gasteiger partial charge in [-0.3, -0.25) is 4.79 Å². The molecule has 0 radical (unpaired) electrons. The third kappa shape index (κ3) is 5.08. The molecule has 1 aromatic carbocycles. The minimum atomic E-state index is -0.855. The summed E-state index contributed by atoms with van der Waals surface area (Å²) in [5.41, 5.74) is 7.67. The Morgan fingerprint density at radius 3 is 2.44 bits per heavy atom. The highest BCUT2D eigenvalue weighted by atomic mass is 35.5. The van der Waals surface area contributed by atoms with E-state index >= 15 is 0 Å². The lowest BCUT2D eigenvalue weighted by molar-refractivity contribution is -0.170. The molecule has 2 atom stereocenters. The van der Waals surface area contributed by atoms with Crippen LogP contribution >= 0.6 is 24.8 Å². The van der Waals surface area contributed by atoms with Crippen molar-refractivity contribution in [2.45, 2.75) is 52.7 Å². The number of rotatable bonds is 8. The Hall–Kier alpha value is -1.01. The summed E-state index contributed by atoms with van der Waals surface area (Å²) >= 11 is 0. The number of aryl methyl sites for hydroxylation is 1. The quantitative estimate of drug-likeness (QED) is 0.677. The third-order valence-corrected chi connectivity index (χ3v) is 5.74. The molecule has 1 aliphatic carbocycles. The molecule has 1 saturated carbocycles. The van der Waals surface area contributed by atoms with E-state index in [1.165, 1.54) is 11.3 Å². The summed E-state index contributed by atoms with van der Waals surface area (Å²) in [5, 5.41) is 3.04. The summed E-state index contributed by atoms with van der Waals surface area (Å²) in [6.07, 6.45) is 0.627. The second-order valence-electron chi connectivity index (χ2n) is 7.46. The van der Waals surface area contributed by atoms with Crippen molar-refractivity contribution in [1.29, 1.82) is 0 Å². The zero-order chi connectivity index (χ0) is 18.7. The molecule has 0 spiro atoms. The van der Waals surface area contributed by atoms with Crippen LogP contribution in [-0.2, 0) is 9.53 Å². The molecule has 7 heteroatoms. The lowest BCUT2D eigenvalue weighted by Gasteiger charge is -2.57. The summed E-state index contributed by atoms with van der Waals surface area (Å²) in [6, 6.07) is 8.31. The van der Waals surface area contributed by atoms with Crippen LogP contribution in [-0.4, -0.2) is 43.8 Å². The number of hydrogen-bond acceptors (Lipinski definition) is 4. The van der Waals surface area contributed by atoms with Crippen molar-refractivity contribution in [2.75, 3.05) is 31.1 Å². The van der Waals surface area contributed by atoms with E-state index in [9.17, 15) is 4.79 Å². The molecule has 27 heavy (non-hydrogen) atoms. The largest absolute Gasteiger partial charge is 0.378 e. The third-order valence-electron chi connectivity index (χ3n) is 5.74. The van der Waals surface area contributed by atoms with Gasteiger partial charge in [-0.25, -0.2) is 0 Å². The number of nitrogens with one attached hydrogen (secondary N) is 1. The van der Waals surface area contributed by atoms with Crippen molar-refractivity contribution in [2.24, 2.45) is 11.1 Å². The maximum Gasteiger partial charge on any atom is 0.240 e. The van der Waals surface area contributed by atoms with Crippen LogP contribution in [0.2, 0.25) is 0 Å². The van der Waals surface area contributed by atoms with Crippen molar-refractivity contribution in [3.8, 4) is 0 Å². The van der Waals surface area contributed by atoms with Gasteiger partial charge in [0.25, 0.3) is 0 Å². The molecule has 0 aromatic heterocycles. The molecule has 156 valence electrons. The number of anilines is 1. The average molecular weight is 420 g/mol. The van der Waals surface area contributed by atoms with Crippen molar-refractivity contribution < 1.29 is 9.53 Å². The van der Waals surface area contributed by atoms with Crippen LogP contribution in [0.15, 0.2) is 24.3 Å². The van der Waals surface area contributed by atoms with E-state index in [1.54, 1.807) is 0 Å². The van der Waals surface area contributed by atoms with Crippen molar-refractivity contribution in [3.05, 3.63) is 29.8 Å². The first kappa shape index (κ1) is 26.0. The molecule has 0 aliphatic heterocycles. The van der Waals surface area contributed by atoms with Gasteiger partial charge in [0.1, 0.15) is 5.54 Å². The first-order chi connectivity index (χ1) is 11.8. The molecule has 0 saturated heterocycles. The number of nitrogens with zero attached hydrogens (tertiary/aromatic N) is 1. The molecule has 2 rings (SSSR count). The number of ether oxygens (including phenoxy) is 1. The average Bonchev–Trinajstić information content (AvgIpc) is 2.59. The van der Waals surface area contributed by atoms with Gasteiger partial charge in [-0.2, -0.15) is 0 Å². The van der Waals surface area contributed by atoms with E-state index in [0.29, 0.717) is 19.6 Å². The van der Waals surface area contributed by atoms with Crippen LogP contribution in [0.1, 0.15) is 39.7 Å². The molecular weight excluding hydrogens is 385 g/mol. The monoisotopic (exact) mass is 419 g/mol. The van der Waals surface area contributed by atoms with Crippen LogP contribution in [0.5, 0.6) is 0 Å². The topological polar surface area (TPSA) is 67.6 Å². The fourth-order valence-electron chi connectivity index (χ4n) is 3.65. The fraction of sp³-hybridized carbons (Fsp3) is 0.650. The summed E-state index contributed by atoms with van der Waals surface area (Å²) in [4.78, 5) is 14.9. The highest BCUT2D eigenvalue weighted by molar-refractivity contribution is 5.88. The lowest BCUT2D eigenvalue weighted by atomic mass is 9.54. The SMILES string of the molecule is CCOC1CC(N)(C(=O)NCCN(CC)c2ccccc2C)C1(C)C.Cl.Cl. The molecular formula is C20H35Cl2N3O2. The molecule has 1 aliphatic rings. The molecule has 1 amide bonds. The second kappa shape index (κ2) is 10.5. The smallest absolute Gasteiger partial charge is 0.240 e. The highest BCUT2D eigenvalue weighted by Crippen LogP contribution is 2.49. The van der Waals surface area contributed by atoms with E-state index in [-0.39, 0.29) is 42.2 Å². The van der Waals surface area contributed by atoms with Crippen LogP contribution in [0.3, 0.4) is 0 Å². The van der Waals surface area contributed by atoms with Gasteiger partial charge in [0.15, 0.2) is 0 Å². The molecule has 5 nitrogen and oxygen atoms in total. The maximum absolute atomic E-state index is 12.7. The Balaban J connectivity index is 0.00000338. The van der Waals surface area contributed by atoms with Gasteiger partial charge in [0.05, 0.1) is 6.10 Å². The minimum absolute atomic E-state index is 0. The molecule has 0 heterocycles. The van der Waals surface area contributed by atoms with E-state index < -0.39 is 5.54 Å². The minimum Gasteiger partial charge on any atom is -0.378 e. The Kier molecular flexibility index (Phi) is 10.1. The van der Waals surface area contributed by atoms with Crippen LogP contribution in [0, 0.1) is 12.3 Å². The number of halogens is 2. The van der Waals surface area contributed by atoms with E-state index in [0.717, 1.165) is 13.1 Å². The summed E-state index contributed by atoms with van der Waals surface area (Å²) < 4.78 is 5.70. The van der Waals surface area contributed by atoms with Crippen molar-refractivity contribution in [3.63, 3.8) is 0 Å². The Morgan fingerprint density at radius 2 is 1.93 bits per heavy atom. The summed E-state index contributed by atoms with van der Waals surface area (Å²) in [7, 11) is 0. The van der Waals surface area contributed by atoms with Gasteiger partial charge in [-0.1, -0.05) is 32.0 Å². The Bertz CT molecular complexity index is 613. The fourth-order valence-corrected chi connectivity index (χ4v) is 3.65. The van der Waals surface area contributed by atoms with Gasteiger partial charge in [-0.05, 0) is 32.4 Å². The zero-order valence-corrected chi connectivity index (χ0v) is 18.7. The Labute approximate surface area is 176 Å². The molecule has 3 N–H and O–H groups in total. The number of hydrogen-bond donors (Lipinski definition) is 2. The van der Waals surface area contributed by atoms with Gasteiger partial charge in [-0.15, -0.1) is 24.8 Å². The molecule has 1 aromatic rings. The van der Waals surface area contributed by atoms with Crippen LogP contribution in [0.25, 0.3) is 0 Å². The van der Waals surface area contributed by atoms with Crippen LogP contribution in [0.4, 0.5) is 5.69 Å². The number of benzene rings is 1. The number of amides is 1. The first-order valence-electron chi connectivity index (χ1n) is 9.27. The highest BCUT2D eigenvalue weighted by Gasteiger charge is 2.62. The van der Waals surface area contributed by atoms with Gasteiger partial charge in [0.2, 0.25) is 5.91 Å². The van der Waals surface area contributed by atoms with Crippen molar-refractivity contribution in [1.82, 2.24) is 5.32 Å². The zero-order valence-electron chi connectivity index (χ0n) is 17.1. The number of likely N-dealkylation sites (N-methyl/N-ethyl adjacent to an activating group) is 1. The normalized spacial score (nSPS) is 22.7. The van der Waals surface area contributed by atoms with Gasteiger partial charge < -0.3 is 20.7 Å². The summed E-state index contributed by atoms with van der Waals surface area (Å²) in [5.74, 6) is -0.0747. The van der Waals surface area contributed by atoms with E-state index in [2.05, 4.69) is 36.2 Å². The van der Waals surface area contributed by atoms with Gasteiger partial charge in [0, 0.05) is 43.8 Å². The van der Waals surface area contributed by atoms with Crippen LogP contribution < -0.4 is 16.0 Å². The summed E-state index contributed by atoms with van der Waals surface area (Å²) in [6.45, 7) is 13.1. The Morgan fingerprint density at radius 1 is 1.30 bits per heavy atom. The molecule has 1 fully saturated rings. The first-order valence-corrected chi connectivity index (χ1v) is 9.27. The predicted molar refractivity (Wildman–Crippen MR) is 117 cm³/mol. The standard InChI is InChI=1S/C20H33N3O2.2ClH/c1-6-23(16-11-9-8-10-15(16)3)13-12-22-18(24)20(21)14-17(25-7-2)19(20,4)5;;/h8-11,17H,6-7,12-14,21H2,1-5H3,(H,22,24);2*1H. The number of carbonyl (C=O) groups is 1. The lowest BCUT2D eigenvalue weighted by Crippen LogP contribution is -2.75. The predicted octanol–water partition coefficient (Wildman–Crippen LogP) is 3.31. The van der Waals surface area contributed by atoms with Crippen molar-refractivity contribution >= 4 is 36.4 Å². The number of carbonyl (C=O) groups excluding carboxylic acids is 1. The number of para-hydroxylation sites is 1.